The molecular formula is C40H25N7. The summed E-state index contributed by atoms with van der Waals surface area (Å²) in [6, 6.07) is 52.0. The summed E-state index contributed by atoms with van der Waals surface area (Å²) in [6.07, 6.45) is 0. The van der Waals surface area contributed by atoms with Crippen LogP contribution in [0.5, 0.6) is 0 Å². The molecule has 0 unspecified atom stereocenters. The normalized spacial score (nSPS) is 11.8. The molecule has 0 spiro atoms. The van der Waals surface area contributed by atoms with E-state index in [1.165, 1.54) is 0 Å². The second kappa shape index (κ2) is 9.95. The van der Waals surface area contributed by atoms with Crippen molar-refractivity contribution in [2.75, 3.05) is 0 Å². The first-order valence-corrected chi connectivity index (χ1v) is 15.6. The van der Waals surface area contributed by atoms with Gasteiger partial charge in [0, 0.05) is 27.6 Å². The van der Waals surface area contributed by atoms with Crippen LogP contribution in [-0.2, 0) is 0 Å². The summed E-state index contributed by atoms with van der Waals surface area (Å²) in [6.45, 7) is 0. The van der Waals surface area contributed by atoms with E-state index in [9.17, 15) is 0 Å². The molecule has 0 atom stereocenters. The number of rotatable bonds is 4. The van der Waals surface area contributed by atoms with Gasteiger partial charge in [0.2, 0.25) is 11.7 Å². The van der Waals surface area contributed by atoms with Gasteiger partial charge in [-0.2, -0.15) is 9.97 Å². The SMILES string of the molecule is c1ccc(-c2nc(-c3ccccc3)nc(-n3c4ccccc4c4cc(-n5c6ccccc6n6c7ccccc7nc56)ccc43)n2)cc1. The summed E-state index contributed by atoms with van der Waals surface area (Å²) in [5.41, 5.74) is 9.23. The van der Waals surface area contributed by atoms with Gasteiger partial charge in [0.25, 0.3) is 0 Å². The number of nitrogens with zero attached hydrogens (tertiary/aromatic N) is 7. The summed E-state index contributed by atoms with van der Waals surface area (Å²) in [7, 11) is 0. The Labute approximate surface area is 268 Å². The maximum atomic E-state index is 5.09. The van der Waals surface area contributed by atoms with Gasteiger partial charge >= 0.3 is 0 Å². The van der Waals surface area contributed by atoms with Gasteiger partial charge in [0.1, 0.15) is 0 Å². The van der Waals surface area contributed by atoms with Gasteiger partial charge in [-0.3, -0.25) is 13.5 Å². The van der Waals surface area contributed by atoms with E-state index in [-0.39, 0.29) is 0 Å². The Kier molecular flexibility index (Phi) is 5.44. The largest absolute Gasteiger partial charge is 0.278 e. The molecule has 10 rings (SSSR count). The molecule has 0 fully saturated rings. The molecule has 47 heavy (non-hydrogen) atoms. The van der Waals surface area contributed by atoms with Gasteiger partial charge in [0.05, 0.1) is 33.1 Å². The minimum Gasteiger partial charge on any atom is -0.278 e. The average molecular weight is 604 g/mol. The number of para-hydroxylation sites is 5. The van der Waals surface area contributed by atoms with Crippen molar-refractivity contribution < 1.29 is 0 Å². The molecule has 0 saturated heterocycles. The van der Waals surface area contributed by atoms with Crippen LogP contribution in [0.2, 0.25) is 0 Å². The molecule has 7 heteroatoms. The minimum absolute atomic E-state index is 0.574. The molecule has 0 saturated carbocycles. The summed E-state index contributed by atoms with van der Waals surface area (Å²) in [5, 5.41) is 2.22. The van der Waals surface area contributed by atoms with E-state index in [1.54, 1.807) is 0 Å². The predicted octanol–water partition coefficient (Wildman–Crippen LogP) is 9.05. The first kappa shape index (κ1) is 25.7. The van der Waals surface area contributed by atoms with Crippen molar-refractivity contribution in [2.45, 2.75) is 0 Å². The van der Waals surface area contributed by atoms with Gasteiger partial charge in [-0.05, 0) is 48.5 Å². The fourth-order valence-corrected chi connectivity index (χ4v) is 6.82. The highest BCUT2D eigenvalue weighted by Crippen LogP contribution is 2.36. The third kappa shape index (κ3) is 3.87. The third-order valence-electron chi connectivity index (χ3n) is 8.91. The number of fused-ring (bicyclic) bond motifs is 8. The summed E-state index contributed by atoms with van der Waals surface area (Å²) in [5.74, 6) is 2.71. The van der Waals surface area contributed by atoms with Crippen molar-refractivity contribution in [1.29, 1.82) is 0 Å². The van der Waals surface area contributed by atoms with Crippen LogP contribution < -0.4 is 0 Å². The zero-order valence-electron chi connectivity index (χ0n) is 25.1. The van der Waals surface area contributed by atoms with Gasteiger partial charge in [-0.1, -0.05) is 103 Å². The van der Waals surface area contributed by atoms with Crippen LogP contribution >= 0.6 is 0 Å². The predicted molar refractivity (Wildman–Crippen MR) is 188 cm³/mol. The van der Waals surface area contributed by atoms with Crippen LogP contribution in [0.1, 0.15) is 0 Å². The molecule has 10 aromatic rings. The first-order valence-electron chi connectivity index (χ1n) is 15.6. The number of hydrogen-bond acceptors (Lipinski definition) is 4. The molecule has 220 valence electrons. The van der Waals surface area contributed by atoms with E-state index in [2.05, 4.69) is 98.5 Å². The van der Waals surface area contributed by atoms with Gasteiger partial charge < -0.3 is 0 Å². The van der Waals surface area contributed by atoms with Gasteiger partial charge in [0.15, 0.2) is 11.6 Å². The van der Waals surface area contributed by atoms with E-state index in [4.69, 9.17) is 19.9 Å². The van der Waals surface area contributed by atoms with E-state index < -0.39 is 0 Å². The van der Waals surface area contributed by atoms with Crippen LogP contribution in [-0.4, -0.2) is 33.5 Å². The Balaban J connectivity index is 1.25. The Morgan fingerprint density at radius 1 is 0.383 bits per heavy atom. The second-order valence-electron chi connectivity index (χ2n) is 11.6. The fourth-order valence-electron chi connectivity index (χ4n) is 6.82. The molecule has 0 aliphatic rings. The lowest BCUT2D eigenvalue weighted by atomic mass is 10.1. The standard InChI is InChI=1S/C40H25N7/c1-3-13-26(14-4-1)37-42-38(27-15-5-2-6-16-27)44-39(43-37)46-32-19-9-7-17-29(32)30-25-28(23-24-33(30)46)45-35-21-11-12-22-36(35)47-34-20-10-8-18-31(34)41-40(45)47/h1-25H. The zero-order chi connectivity index (χ0) is 30.9. The Bertz CT molecular complexity index is 2730. The van der Waals surface area contributed by atoms with Crippen molar-refractivity contribution in [3.8, 4) is 34.4 Å². The quantitative estimate of drug-likeness (QED) is 0.201. The maximum absolute atomic E-state index is 5.09. The molecule has 0 aliphatic carbocycles. The van der Waals surface area contributed by atoms with Gasteiger partial charge in [-0.25, -0.2) is 9.97 Å². The molecule has 0 bridgehead atoms. The molecule has 0 radical (unpaired) electrons. The Hall–Kier alpha value is -6.60. The third-order valence-corrected chi connectivity index (χ3v) is 8.91. The van der Waals surface area contributed by atoms with E-state index in [0.29, 0.717) is 17.6 Å². The first-order chi connectivity index (χ1) is 23.3. The highest BCUT2D eigenvalue weighted by atomic mass is 15.2. The van der Waals surface area contributed by atoms with Crippen LogP contribution in [0.4, 0.5) is 0 Å². The van der Waals surface area contributed by atoms with Crippen LogP contribution in [0.3, 0.4) is 0 Å². The molecule has 0 N–H and O–H groups in total. The molecule has 6 aromatic carbocycles. The highest BCUT2D eigenvalue weighted by molar-refractivity contribution is 6.10. The number of hydrogen-bond donors (Lipinski definition) is 0. The number of benzene rings is 6. The lowest BCUT2D eigenvalue weighted by Gasteiger charge is -2.11. The van der Waals surface area contributed by atoms with Crippen molar-refractivity contribution in [1.82, 2.24) is 33.5 Å². The monoisotopic (exact) mass is 603 g/mol. The van der Waals surface area contributed by atoms with Crippen molar-refractivity contribution in [3.05, 3.63) is 152 Å². The molecular weight excluding hydrogens is 578 g/mol. The van der Waals surface area contributed by atoms with Crippen molar-refractivity contribution in [3.63, 3.8) is 0 Å². The molecule has 4 aromatic heterocycles. The smallest absolute Gasteiger partial charge is 0.238 e. The highest BCUT2D eigenvalue weighted by Gasteiger charge is 2.21. The van der Waals surface area contributed by atoms with Gasteiger partial charge in [-0.15, -0.1) is 0 Å². The van der Waals surface area contributed by atoms with Crippen molar-refractivity contribution >= 4 is 49.7 Å². The van der Waals surface area contributed by atoms with E-state index in [0.717, 1.165) is 66.5 Å². The minimum atomic E-state index is 0.574. The van der Waals surface area contributed by atoms with Crippen molar-refractivity contribution in [2.24, 2.45) is 0 Å². The fraction of sp³-hybridized carbons (Fsp3) is 0. The number of aromatic nitrogens is 7. The molecule has 4 heterocycles. The van der Waals surface area contributed by atoms with Crippen LogP contribution in [0, 0.1) is 0 Å². The molecule has 7 nitrogen and oxygen atoms in total. The van der Waals surface area contributed by atoms with Crippen LogP contribution in [0.25, 0.3) is 84.1 Å². The lowest BCUT2D eigenvalue weighted by Crippen LogP contribution is -2.06. The summed E-state index contributed by atoms with van der Waals surface area (Å²) in [4.78, 5) is 20.2. The summed E-state index contributed by atoms with van der Waals surface area (Å²) >= 11 is 0. The summed E-state index contributed by atoms with van der Waals surface area (Å²) < 4.78 is 6.66. The van der Waals surface area contributed by atoms with Crippen LogP contribution in [0.15, 0.2) is 152 Å². The molecule has 0 amide bonds. The van der Waals surface area contributed by atoms with E-state index in [1.807, 2.05) is 66.7 Å². The zero-order valence-corrected chi connectivity index (χ0v) is 25.1. The van der Waals surface area contributed by atoms with E-state index >= 15 is 0 Å². The second-order valence-corrected chi connectivity index (χ2v) is 11.6. The average Bonchev–Trinajstić information content (AvgIpc) is 3.79. The topological polar surface area (TPSA) is 65.8 Å². The Morgan fingerprint density at radius 3 is 1.68 bits per heavy atom. The maximum Gasteiger partial charge on any atom is 0.238 e. The lowest BCUT2D eigenvalue weighted by molar-refractivity contribution is 0.953. The molecule has 0 aliphatic heterocycles. The Morgan fingerprint density at radius 2 is 0.957 bits per heavy atom. The number of imidazole rings is 2.